The summed E-state index contributed by atoms with van der Waals surface area (Å²) in [6.45, 7) is 11.4. The molecule has 0 amide bonds. The first kappa shape index (κ1) is 11.0. The Hall–Kier alpha value is -0.0400. The summed E-state index contributed by atoms with van der Waals surface area (Å²) in [5, 5.41) is 0. The van der Waals surface area contributed by atoms with Crippen molar-refractivity contribution in [1.29, 1.82) is 0 Å². The Kier molecular flexibility index (Phi) is 3.78. The minimum Gasteiger partial charge on any atom is -0.300 e. The summed E-state index contributed by atoms with van der Waals surface area (Å²) >= 11 is 0. The third kappa shape index (κ3) is 2.25. The Morgan fingerprint density at radius 2 is 1.46 bits per heavy atom. The largest absolute Gasteiger partial charge is 0.300 e. The molecule has 1 aliphatic carbocycles. The maximum Gasteiger partial charge on any atom is 0.00532 e. The van der Waals surface area contributed by atoms with E-state index in [0.717, 1.165) is 11.5 Å². The van der Waals surface area contributed by atoms with Crippen molar-refractivity contribution in [3.8, 4) is 0 Å². The van der Waals surface area contributed by atoms with Crippen molar-refractivity contribution < 1.29 is 0 Å². The van der Waals surface area contributed by atoms with Gasteiger partial charge in [-0.2, -0.15) is 0 Å². The van der Waals surface area contributed by atoms with Gasteiger partial charge < -0.3 is 0 Å². The number of rotatable bonds is 1. The molecule has 0 aromatic heterocycles. The molecule has 1 heterocycles. The molecule has 13 heavy (non-hydrogen) atoms. The second-order valence-electron chi connectivity index (χ2n) is 4.71. The van der Waals surface area contributed by atoms with Crippen LogP contribution in [0, 0.1) is 5.41 Å². The lowest BCUT2D eigenvalue weighted by atomic mass is 9.77. The van der Waals surface area contributed by atoms with E-state index < -0.39 is 0 Å². The summed E-state index contributed by atoms with van der Waals surface area (Å²) in [5.74, 6) is 0. The van der Waals surface area contributed by atoms with E-state index in [0.29, 0.717) is 0 Å². The average molecular weight is 183 g/mol. The van der Waals surface area contributed by atoms with E-state index in [-0.39, 0.29) is 0 Å². The molecule has 1 nitrogen and oxygen atoms in total. The maximum atomic E-state index is 2.60. The fourth-order valence-corrected chi connectivity index (χ4v) is 2.62. The Bertz CT molecular complexity index is 137. The van der Waals surface area contributed by atoms with Gasteiger partial charge in [0, 0.05) is 19.1 Å². The number of nitrogens with zero attached hydrogens (tertiary/aromatic N) is 1. The molecule has 0 aromatic rings. The summed E-state index contributed by atoms with van der Waals surface area (Å²) in [4.78, 5) is 2.60. The predicted octanol–water partition coefficient (Wildman–Crippen LogP) is 3.30. The topological polar surface area (TPSA) is 3.24 Å². The molecule has 1 saturated heterocycles. The van der Waals surface area contributed by atoms with E-state index in [2.05, 4.69) is 18.7 Å². The normalized spacial score (nSPS) is 25.6. The molecular formula is C12H25N. The highest BCUT2D eigenvalue weighted by Crippen LogP contribution is 2.45. The van der Waals surface area contributed by atoms with E-state index in [1.54, 1.807) is 0 Å². The van der Waals surface area contributed by atoms with Gasteiger partial charge in [-0.3, -0.25) is 4.90 Å². The second-order valence-corrected chi connectivity index (χ2v) is 4.71. The molecule has 1 aliphatic heterocycles. The van der Waals surface area contributed by atoms with Crippen LogP contribution in [0.3, 0.4) is 0 Å². The van der Waals surface area contributed by atoms with Gasteiger partial charge in [0.05, 0.1) is 0 Å². The molecule has 2 fully saturated rings. The molecule has 0 atom stereocenters. The molecule has 0 aromatic carbocycles. The average Bonchev–Trinajstić information content (AvgIpc) is 2.53. The van der Waals surface area contributed by atoms with Gasteiger partial charge in [-0.1, -0.05) is 26.7 Å². The van der Waals surface area contributed by atoms with Crippen LogP contribution in [0.15, 0.2) is 0 Å². The minimum absolute atomic E-state index is 0.779. The van der Waals surface area contributed by atoms with Gasteiger partial charge in [0.25, 0.3) is 0 Å². The molecule has 1 heteroatoms. The van der Waals surface area contributed by atoms with Crippen LogP contribution in [-0.2, 0) is 0 Å². The SMILES string of the molecule is CC.CC(C)N1CC2(CCCC2)C1. The zero-order valence-electron chi connectivity index (χ0n) is 9.77. The van der Waals surface area contributed by atoms with Gasteiger partial charge in [-0.25, -0.2) is 0 Å². The lowest BCUT2D eigenvalue weighted by Crippen LogP contribution is -2.57. The summed E-state index contributed by atoms with van der Waals surface area (Å²) < 4.78 is 0. The van der Waals surface area contributed by atoms with Crippen molar-refractivity contribution in [3.63, 3.8) is 0 Å². The van der Waals surface area contributed by atoms with Gasteiger partial charge in [-0.05, 0) is 32.1 Å². The first-order valence-corrected chi connectivity index (χ1v) is 5.96. The van der Waals surface area contributed by atoms with Crippen molar-refractivity contribution in [2.45, 2.75) is 59.4 Å². The Morgan fingerprint density at radius 3 is 1.85 bits per heavy atom. The molecule has 0 radical (unpaired) electrons. The van der Waals surface area contributed by atoms with Crippen LogP contribution in [0.4, 0.5) is 0 Å². The van der Waals surface area contributed by atoms with Crippen LogP contribution in [0.25, 0.3) is 0 Å². The zero-order valence-corrected chi connectivity index (χ0v) is 9.77. The van der Waals surface area contributed by atoms with Crippen LogP contribution in [0.1, 0.15) is 53.4 Å². The summed E-state index contributed by atoms with van der Waals surface area (Å²) in [5.41, 5.74) is 0.796. The van der Waals surface area contributed by atoms with E-state index in [1.165, 1.54) is 38.8 Å². The van der Waals surface area contributed by atoms with Crippen molar-refractivity contribution in [1.82, 2.24) is 4.90 Å². The van der Waals surface area contributed by atoms with Crippen LogP contribution in [-0.4, -0.2) is 24.0 Å². The van der Waals surface area contributed by atoms with E-state index in [4.69, 9.17) is 0 Å². The van der Waals surface area contributed by atoms with E-state index in [9.17, 15) is 0 Å². The molecule has 0 bridgehead atoms. The number of likely N-dealkylation sites (tertiary alicyclic amines) is 1. The Labute approximate surface area is 83.5 Å². The van der Waals surface area contributed by atoms with Gasteiger partial charge in [-0.15, -0.1) is 0 Å². The molecule has 2 aliphatic rings. The van der Waals surface area contributed by atoms with Gasteiger partial charge in [0.1, 0.15) is 0 Å². The monoisotopic (exact) mass is 183 g/mol. The fraction of sp³-hybridized carbons (Fsp3) is 1.00. The molecule has 78 valence electrons. The summed E-state index contributed by atoms with van der Waals surface area (Å²) in [6.07, 6.45) is 6.00. The highest BCUT2D eigenvalue weighted by atomic mass is 15.2. The molecule has 0 unspecified atom stereocenters. The van der Waals surface area contributed by atoms with Gasteiger partial charge >= 0.3 is 0 Å². The quantitative estimate of drug-likeness (QED) is 0.603. The standard InChI is InChI=1S/C10H19N.C2H6/c1-9(2)11-7-10(8-11)5-3-4-6-10;1-2/h9H,3-8H2,1-2H3;1-2H3. The van der Waals surface area contributed by atoms with Crippen LogP contribution in [0.2, 0.25) is 0 Å². The van der Waals surface area contributed by atoms with Crippen molar-refractivity contribution in [3.05, 3.63) is 0 Å². The Morgan fingerprint density at radius 1 is 1.00 bits per heavy atom. The van der Waals surface area contributed by atoms with Crippen molar-refractivity contribution in [2.75, 3.05) is 13.1 Å². The first-order chi connectivity index (χ1) is 6.22. The fourth-order valence-electron chi connectivity index (χ4n) is 2.62. The number of hydrogen-bond donors (Lipinski definition) is 0. The van der Waals surface area contributed by atoms with Crippen LogP contribution >= 0.6 is 0 Å². The number of hydrogen-bond acceptors (Lipinski definition) is 1. The highest BCUT2D eigenvalue weighted by Gasteiger charge is 2.44. The van der Waals surface area contributed by atoms with Gasteiger partial charge in [0.15, 0.2) is 0 Å². The zero-order chi connectivity index (χ0) is 9.90. The van der Waals surface area contributed by atoms with Crippen molar-refractivity contribution >= 4 is 0 Å². The maximum absolute atomic E-state index is 2.60. The smallest absolute Gasteiger partial charge is 0.00532 e. The van der Waals surface area contributed by atoms with Crippen molar-refractivity contribution in [2.24, 2.45) is 5.41 Å². The predicted molar refractivity (Wildman–Crippen MR) is 59.0 cm³/mol. The lowest BCUT2D eigenvalue weighted by Gasteiger charge is -2.50. The summed E-state index contributed by atoms with van der Waals surface area (Å²) in [7, 11) is 0. The molecule has 1 saturated carbocycles. The third-order valence-electron chi connectivity index (χ3n) is 3.47. The lowest BCUT2D eigenvalue weighted by molar-refractivity contribution is -0.0166. The van der Waals surface area contributed by atoms with E-state index in [1.807, 2.05) is 13.8 Å². The first-order valence-electron chi connectivity index (χ1n) is 5.96. The molecule has 1 spiro atoms. The molecule has 2 rings (SSSR count). The van der Waals surface area contributed by atoms with Crippen LogP contribution < -0.4 is 0 Å². The second kappa shape index (κ2) is 4.45. The van der Waals surface area contributed by atoms with Gasteiger partial charge in [0.2, 0.25) is 0 Å². The highest BCUT2D eigenvalue weighted by molar-refractivity contribution is 4.98. The van der Waals surface area contributed by atoms with E-state index >= 15 is 0 Å². The summed E-state index contributed by atoms with van der Waals surface area (Å²) in [6, 6.07) is 0.779. The molecule has 0 N–H and O–H groups in total. The third-order valence-corrected chi connectivity index (χ3v) is 3.47. The van der Waals surface area contributed by atoms with Crippen LogP contribution in [0.5, 0.6) is 0 Å². The minimum atomic E-state index is 0.779. The Balaban J connectivity index is 0.000000396. The molecular weight excluding hydrogens is 158 g/mol.